The summed E-state index contributed by atoms with van der Waals surface area (Å²) in [5.74, 6) is -0.433. The Balaban J connectivity index is 2.87. The third-order valence-electron chi connectivity index (χ3n) is 2.05. The molecule has 3 N–H and O–H groups in total. The Morgan fingerprint density at radius 3 is 2.76 bits per heavy atom. The van der Waals surface area contributed by atoms with E-state index in [0.29, 0.717) is 13.0 Å². The third-order valence-corrected chi connectivity index (χ3v) is 3.40. The number of nitrogens with two attached hydrogens (primary N) is 1. The van der Waals surface area contributed by atoms with E-state index < -0.39 is 15.8 Å². The predicted octanol–water partition coefficient (Wildman–Crippen LogP) is 0.925. The Kier molecular flexibility index (Phi) is 4.71. The van der Waals surface area contributed by atoms with Crippen molar-refractivity contribution in [2.45, 2.75) is 6.42 Å². The lowest BCUT2D eigenvalue weighted by Crippen LogP contribution is -2.19. The molecule has 0 bridgehead atoms. The zero-order valence-electron chi connectivity index (χ0n) is 9.44. The lowest BCUT2D eigenvalue weighted by atomic mass is 10.3. The summed E-state index contributed by atoms with van der Waals surface area (Å²) >= 11 is 0. The molecule has 0 aliphatic heterocycles. The molecule has 0 fully saturated rings. The van der Waals surface area contributed by atoms with Crippen LogP contribution in [0, 0.1) is 5.82 Å². The van der Waals surface area contributed by atoms with Gasteiger partial charge in [0.1, 0.15) is 11.6 Å². The topological polar surface area (TPSA) is 81.4 Å². The highest BCUT2D eigenvalue weighted by Crippen LogP contribution is 2.25. The average Bonchev–Trinajstić information content (AvgIpc) is 2.28. The Morgan fingerprint density at radius 2 is 2.18 bits per heavy atom. The molecular weight excluding hydrogens is 247 g/mol. The van der Waals surface area contributed by atoms with E-state index in [-0.39, 0.29) is 17.2 Å². The average molecular weight is 262 g/mol. The first-order valence-corrected chi connectivity index (χ1v) is 6.68. The maximum Gasteiger partial charge on any atom is 0.232 e. The molecule has 0 aliphatic rings. The van der Waals surface area contributed by atoms with Crippen molar-refractivity contribution in [3.63, 3.8) is 0 Å². The lowest BCUT2D eigenvalue weighted by molar-refractivity contribution is 0.413. The molecule has 0 unspecified atom stereocenters. The molecule has 0 aromatic heterocycles. The van der Waals surface area contributed by atoms with Gasteiger partial charge in [-0.2, -0.15) is 0 Å². The first kappa shape index (κ1) is 13.7. The van der Waals surface area contributed by atoms with E-state index >= 15 is 0 Å². The molecule has 1 rings (SSSR count). The summed E-state index contributed by atoms with van der Waals surface area (Å²) in [6.07, 6.45) is 0.360. The van der Waals surface area contributed by atoms with Gasteiger partial charge < -0.3 is 10.5 Å². The van der Waals surface area contributed by atoms with Crippen LogP contribution in [0.1, 0.15) is 6.42 Å². The van der Waals surface area contributed by atoms with Gasteiger partial charge in [0.25, 0.3) is 0 Å². The zero-order chi connectivity index (χ0) is 12.9. The minimum atomic E-state index is -3.47. The predicted molar refractivity (Wildman–Crippen MR) is 64.0 cm³/mol. The van der Waals surface area contributed by atoms with Crippen molar-refractivity contribution in [3.05, 3.63) is 24.0 Å². The van der Waals surface area contributed by atoms with Crippen molar-refractivity contribution in [1.29, 1.82) is 0 Å². The normalized spacial score (nSPS) is 11.2. The number of methoxy groups -OCH3 is 1. The molecule has 1 aromatic rings. The second-order valence-electron chi connectivity index (χ2n) is 3.41. The van der Waals surface area contributed by atoms with E-state index in [2.05, 4.69) is 4.72 Å². The van der Waals surface area contributed by atoms with Crippen molar-refractivity contribution in [2.24, 2.45) is 5.73 Å². The van der Waals surface area contributed by atoms with Gasteiger partial charge in [-0.05, 0) is 25.1 Å². The lowest BCUT2D eigenvalue weighted by Gasteiger charge is -2.11. The summed E-state index contributed by atoms with van der Waals surface area (Å²) in [6.45, 7) is 0.293. The summed E-state index contributed by atoms with van der Waals surface area (Å²) in [4.78, 5) is 0. The van der Waals surface area contributed by atoms with Crippen LogP contribution in [-0.4, -0.2) is 27.8 Å². The fourth-order valence-electron chi connectivity index (χ4n) is 1.24. The number of benzene rings is 1. The van der Waals surface area contributed by atoms with Gasteiger partial charge in [-0.15, -0.1) is 0 Å². The van der Waals surface area contributed by atoms with Crippen LogP contribution < -0.4 is 15.2 Å². The molecular formula is C10H15FN2O3S. The molecule has 0 heterocycles. The standard InChI is InChI=1S/C10H15FN2O3S/c1-16-10-7-8(11)3-4-9(10)13-17(14,15)6-2-5-12/h3-4,7,13H,2,5-6,12H2,1H3. The molecule has 0 amide bonds. The van der Waals surface area contributed by atoms with Crippen LogP contribution in [0.25, 0.3) is 0 Å². The van der Waals surface area contributed by atoms with E-state index in [0.717, 1.165) is 12.1 Å². The number of rotatable bonds is 6. The number of nitrogens with one attached hydrogen (secondary N) is 1. The molecule has 0 saturated heterocycles. The van der Waals surface area contributed by atoms with Crippen LogP contribution in [0.4, 0.5) is 10.1 Å². The summed E-state index contributed by atoms with van der Waals surface area (Å²) in [5, 5.41) is 0. The number of ether oxygens (including phenoxy) is 1. The van der Waals surface area contributed by atoms with Gasteiger partial charge in [0.05, 0.1) is 18.6 Å². The van der Waals surface area contributed by atoms with Gasteiger partial charge in [-0.1, -0.05) is 0 Å². The van der Waals surface area contributed by atoms with E-state index in [1.807, 2.05) is 0 Å². The minimum absolute atomic E-state index is 0.0793. The van der Waals surface area contributed by atoms with Crippen molar-refractivity contribution in [1.82, 2.24) is 0 Å². The van der Waals surface area contributed by atoms with Crippen molar-refractivity contribution in [3.8, 4) is 5.75 Å². The number of anilines is 1. The smallest absolute Gasteiger partial charge is 0.232 e. The zero-order valence-corrected chi connectivity index (χ0v) is 10.3. The Morgan fingerprint density at radius 1 is 1.47 bits per heavy atom. The SMILES string of the molecule is COc1cc(F)ccc1NS(=O)(=O)CCCN. The fourth-order valence-corrected chi connectivity index (χ4v) is 2.39. The van der Waals surface area contributed by atoms with Gasteiger partial charge in [-0.25, -0.2) is 12.8 Å². The summed E-state index contributed by atoms with van der Waals surface area (Å²) in [5.41, 5.74) is 5.45. The molecule has 0 spiro atoms. The van der Waals surface area contributed by atoms with Crippen LogP contribution in [0.3, 0.4) is 0 Å². The second-order valence-corrected chi connectivity index (χ2v) is 5.25. The van der Waals surface area contributed by atoms with Gasteiger partial charge in [-0.3, -0.25) is 4.72 Å². The second kappa shape index (κ2) is 5.83. The van der Waals surface area contributed by atoms with Crippen molar-refractivity contribution >= 4 is 15.7 Å². The highest BCUT2D eigenvalue weighted by Gasteiger charge is 2.13. The summed E-state index contributed by atoms with van der Waals surface area (Å²) in [7, 11) is -2.13. The summed E-state index contributed by atoms with van der Waals surface area (Å²) in [6, 6.07) is 3.58. The number of hydrogen-bond acceptors (Lipinski definition) is 4. The highest BCUT2D eigenvalue weighted by molar-refractivity contribution is 7.92. The minimum Gasteiger partial charge on any atom is -0.494 e. The maximum absolute atomic E-state index is 12.9. The summed E-state index contributed by atoms with van der Waals surface area (Å²) < 4.78 is 43.3. The number of halogens is 1. The number of hydrogen-bond donors (Lipinski definition) is 2. The van der Waals surface area contributed by atoms with Crippen LogP contribution in [0.5, 0.6) is 5.75 Å². The van der Waals surface area contributed by atoms with Gasteiger partial charge in [0.15, 0.2) is 0 Å². The van der Waals surface area contributed by atoms with E-state index in [4.69, 9.17) is 10.5 Å². The molecule has 0 aliphatic carbocycles. The molecule has 1 aromatic carbocycles. The molecule has 0 saturated carbocycles. The Labute approximate surface area is 99.8 Å². The van der Waals surface area contributed by atoms with Gasteiger partial charge in [0, 0.05) is 6.07 Å². The largest absolute Gasteiger partial charge is 0.494 e. The molecule has 0 atom stereocenters. The van der Waals surface area contributed by atoms with Crippen LogP contribution in [-0.2, 0) is 10.0 Å². The Bertz CT molecular complexity index is 476. The van der Waals surface area contributed by atoms with E-state index in [9.17, 15) is 12.8 Å². The van der Waals surface area contributed by atoms with Gasteiger partial charge >= 0.3 is 0 Å². The van der Waals surface area contributed by atoms with E-state index in [1.165, 1.54) is 13.2 Å². The quantitative estimate of drug-likeness (QED) is 0.799. The van der Waals surface area contributed by atoms with Gasteiger partial charge in [0.2, 0.25) is 10.0 Å². The van der Waals surface area contributed by atoms with Crippen molar-refractivity contribution in [2.75, 3.05) is 24.1 Å². The molecule has 17 heavy (non-hydrogen) atoms. The van der Waals surface area contributed by atoms with E-state index in [1.54, 1.807) is 0 Å². The highest BCUT2D eigenvalue weighted by atomic mass is 32.2. The monoisotopic (exact) mass is 262 g/mol. The maximum atomic E-state index is 12.9. The third kappa shape index (κ3) is 4.20. The van der Waals surface area contributed by atoms with Crippen LogP contribution in [0.2, 0.25) is 0 Å². The molecule has 7 heteroatoms. The fraction of sp³-hybridized carbons (Fsp3) is 0.400. The molecule has 5 nitrogen and oxygen atoms in total. The van der Waals surface area contributed by atoms with Crippen LogP contribution in [0.15, 0.2) is 18.2 Å². The Hall–Kier alpha value is -1.34. The van der Waals surface area contributed by atoms with Crippen LogP contribution >= 0.6 is 0 Å². The number of sulfonamides is 1. The van der Waals surface area contributed by atoms with Crippen molar-refractivity contribution < 1.29 is 17.5 Å². The first-order valence-electron chi connectivity index (χ1n) is 5.02. The molecule has 96 valence electrons. The molecule has 0 radical (unpaired) electrons. The first-order chi connectivity index (χ1) is 7.98.